The molecule has 0 spiro atoms. The number of carbonyl (C=O) groups is 1. The van der Waals surface area contributed by atoms with Gasteiger partial charge >= 0.3 is 0 Å². The molecule has 2 N–H and O–H groups in total. The number of aromatic nitrogens is 4. The fraction of sp³-hybridized carbons (Fsp3) is 0.333. The molecule has 0 saturated carbocycles. The van der Waals surface area contributed by atoms with Gasteiger partial charge in [0, 0.05) is 27.0 Å². The van der Waals surface area contributed by atoms with Gasteiger partial charge in [-0.2, -0.15) is 5.10 Å². The number of aryl methyl sites for hydroxylation is 1. The zero-order valence-electron chi connectivity index (χ0n) is 14.8. The summed E-state index contributed by atoms with van der Waals surface area (Å²) in [4.78, 5) is 33.2. The second-order valence-corrected chi connectivity index (χ2v) is 6.10. The Morgan fingerprint density at radius 3 is 2.92 bits per heavy atom. The van der Waals surface area contributed by atoms with Crippen molar-refractivity contribution in [2.75, 3.05) is 14.2 Å². The minimum Gasteiger partial charge on any atom is -0.378 e. The lowest BCUT2D eigenvalue weighted by Gasteiger charge is -2.15. The molecular formula is C18H21N5O3. The second kappa shape index (κ2) is 7.92. The van der Waals surface area contributed by atoms with E-state index in [2.05, 4.69) is 20.2 Å². The highest BCUT2D eigenvalue weighted by atomic mass is 16.5. The molecule has 1 amide bonds. The highest BCUT2D eigenvalue weighted by Gasteiger charge is 2.13. The number of nitrogens with one attached hydrogen (secondary N) is 2. The van der Waals surface area contributed by atoms with Gasteiger partial charge in [-0.15, -0.1) is 0 Å². The molecule has 2 heterocycles. The number of aromatic amines is 2. The molecule has 0 aliphatic heterocycles. The van der Waals surface area contributed by atoms with E-state index in [4.69, 9.17) is 4.74 Å². The number of nitrogens with zero attached hydrogens (tertiary/aromatic N) is 3. The van der Waals surface area contributed by atoms with Crippen LogP contribution in [0.1, 0.15) is 23.5 Å². The number of fused-ring (bicyclic) bond motifs is 1. The monoisotopic (exact) mass is 355 g/mol. The maximum Gasteiger partial charge on any atom is 0.270 e. The Balaban J connectivity index is 1.60. The first-order valence-corrected chi connectivity index (χ1v) is 8.31. The van der Waals surface area contributed by atoms with Crippen LogP contribution in [0.5, 0.6) is 0 Å². The van der Waals surface area contributed by atoms with Gasteiger partial charge in [0.2, 0.25) is 5.91 Å². The highest BCUT2D eigenvalue weighted by molar-refractivity contribution is 5.76. The van der Waals surface area contributed by atoms with E-state index in [1.54, 1.807) is 25.1 Å². The van der Waals surface area contributed by atoms with Gasteiger partial charge in [-0.1, -0.05) is 12.1 Å². The van der Waals surface area contributed by atoms with E-state index in [0.29, 0.717) is 36.3 Å². The first-order valence-electron chi connectivity index (χ1n) is 8.31. The van der Waals surface area contributed by atoms with E-state index in [1.807, 2.05) is 24.3 Å². The maximum absolute atomic E-state index is 12.4. The average molecular weight is 355 g/mol. The van der Waals surface area contributed by atoms with E-state index in [-0.39, 0.29) is 17.9 Å². The predicted octanol–water partition coefficient (Wildman–Crippen LogP) is 1.38. The predicted molar refractivity (Wildman–Crippen MR) is 96.5 cm³/mol. The van der Waals surface area contributed by atoms with Gasteiger partial charge in [-0.05, 0) is 18.2 Å². The summed E-state index contributed by atoms with van der Waals surface area (Å²) in [5.74, 6) is -0.0674. The van der Waals surface area contributed by atoms with Crippen molar-refractivity contribution in [2.45, 2.75) is 26.0 Å². The number of hydrogen-bond acceptors (Lipinski definition) is 5. The number of carbonyl (C=O) groups excluding carboxylic acids is 1. The topological polar surface area (TPSA) is 104 Å². The molecule has 136 valence electrons. The molecular weight excluding hydrogens is 334 g/mol. The van der Waals surface area contributed by atoms with Crippen LogP contribution in [0.4, 0.5) is 0 Å². The smallest absolute Gasteiger partial charge is 0.270 e. The summed E-state index contributed by atoms with van der Waals surface area (Å²) < 4.78 is 5.02. The summed E-state index contributed by atoms with van der Waals surface area (Å²) >= 11 is 0. The van der Waals surface area contributed by atoms with Gasteiger partial charge in [0.1, 0.15) is 5.69 Å². The Bertz CT molecular complexity index is 963. The van der Waals surface area contributed by atoms with Crippen LogP contribution in [0, 0.1) is 0 Å². The molecule has 0 aliphatic carbocycles. The molecule has 0 bridgehead atoms. The third-order valence-corrected chi connectivity index (χ3v) is 4.05. The van der Waals surface area contributed by atoms with Crippen molar-refractivity contribution in [1.29, 1.82) is 0 Å². The summed E-state index contributed by atoms with van der Waals surface area (Å²) in [6.45, 7) is 0.835. The first kappa shape index (κ1) is 17.8. The van der Waals surface area contributed by atoms with Crippen molar-refractivity contribution in [3.8, 4) is 0 Å². The molecule has 0 saturated heterocycles. The Hall–Kier alpha value is -3.00. The molecule has 2 aromatic heterocycles. The molecule has 0 atom stereocenters. The zero-order chi connectivity index (χ0) is 18.5. The summed E-state index contributed by atoms with van der Waals surface area (Å²) in [6.07, 6.45) is 0.505. The molecule has 0 fully saturated rings. The summed E-state index contributed by atoms with van der Waals surface area (Å²) in [6, 6.07) is 9.19. The maximum atomic E-state index is 12.4. The Morgan fingerprint density at radius 1 is 1.31 bits per heavy atom. The van der Waals surface area contributed by atoms with E-state index in [1.165, 1.54) is 0 Å². The van der Waals surface area contributed by atoms with Crippen molar-refractivity contribution in [3.63, 3.8) is 0 Å². The van der Waals surface area contributed by atoms with Crippen molar-refractivity contribution < 1.29 is 9.53 Å². The third-order valence-electron chi connectivity index (χ3n) is 4.05. The lowest BCUT2D eigenvalue weighted by molar-refractivity contribution is -0.130. The van der Waals surface area contributed by atoms with Crippen molar-refractivity contribution in [2.24, 2.45) is 0 Å². The normalized spacial score (nSPS) is 11.0. The van der Waals surface area contributed by atoms with E-state index in [9.17, 15) is 9.59 Å². The number of hydrogen-bond donors (Lipinski definition) is 2. The van der Waals surface area contributed by atoms with Crippen molar-refractivity contribution in [1.82, 2.24) is 25.1 Å². The molecule has 3 aromatic rings. The van der Waals surface area contributed by atoms with Crippen molar-refractivity contribution >= 4 is 16.9 Å². The fourth-order valence-electron chi connectivity index (χ4n) is 2.71. The van der Waals surface area contributed by atoms with E-state index >= 15 is 0 Å². The molecule has 8 heteroatoms. The number of H-pyrrole nitrogens is 2. The molecule has 26 heavy (non-hydrogen) atoms. The van der Waals surface area contributed by atoms with Gasteiger partial charge in [-0.3, -0.25) is 14.7 Å². The first-order chi connectivity index (χ1) is 12.6. The van der Waals surface area contributed by atoms with E-state index in [0.717, 1.165) is 11.4 Å². The number of rotatable bonds is 7. The largest absolute Gasteiger partial charge is 0.378 e. The zero-order valence-corrected chi connectivity index (χ0v) is 14.8. The van der Waals surface area contributed by atoms with Crippen LogP contribution in [0.15, 0.2) is 35.1 Å². The lowest BCUT2D eigenvalue weighted by atomic mass is 10.2. The standard InChI is InChI=1S/C18H21N5O3/c1-23(10-12-9-13(11-26-2)22-21-12)17(24)8-7-16-18(25)20-15-6-4-3-5-14(15)19-16/h3-6,9H,7-8,10-11H2,1-2H3,(H,20,25)(H,21,22). The summed E-state index contributed by atoms with van der Waals surface area (Å²) in [5.41, 5.74) is 3.14. The lowest BCUT2D eigenvalue weighted by Crippen LogP contribution is -2.27. The van der Waals surface area contributed by atoms with Crippen LogP contribution in [0.25, 0.3) is 11.0 Å². The average Bonchev–Trinajstić information content (AvgIpc) is 3.07. The van der Waals surface area contributed by atoms with Crippen LogP contribution in [-0.2, 0) is 29.1 Å². The Kier molecular flexibility index (Phi) is 5.43. The Morgan fingerprint density at radius 2 is 2.12 bits per heavy atom. The van der Waals surface area contributed by atoms with E-state index < -0.39 is 0 Å². The van der Waals surface area contributed by atoms with Crippen molar-refractivity contribution in [3.05, 3.63) is 57.8 Å². The quantitative estimate of drug-likeness (QED) is 0.666. The van der Waals surface area contributed by atoms with Gasteiger partial charge < -0.3 is 14.6 Å². The number of para-hydroxylation sites is 2. The number of amides is 1. The molecule has 0 radical (unpaired) electrons. The van der Waals surface area contributed by atoms with Crippen LogP contribution in [0.3, 0.4) is 0 Å². The number of benzene rings is 1. The SMILES string of the molecule is COCc1cc(CN(C)C(=O)CCc2nc3ccccc3[nH]c2=O)[nH]n1. The molecule has 0 aliphatic rings. The molecule has 8 nitrogen and oxygen atoms in total. The number of ether oxygens (including phenoxy) is 1. The van der Waals surface area contributed by atoms with Gasteiger partial charge in [0.15, 0.2) is 0 Å². The second-order valence-electron chi connectivity index (χ2n) is 6.10. The fourth-order valence-corrected chi connectivity index (χ4v) is 2.71. The van der Waals surface area contributed by atoms with Gasteiger partial charge in [0.05, 0.1) is 35.6 Å². The Labute approximate surface area is 150 Å². The van der Waals surface area contributed by atoms with Crippen LogP contribution in [0.2, 0.25) is 0 Å². The highest BCUT2D eigenvalue weighted by Crippen LogP contribution is 2.09. The van der Waals surface area contributed by atoms with Gasteiger partial charge in [0.25, 0.3) is 5.56 Å². The summed E-state index contributed by atoms with van der Waals surface area (Å²) in [5, 5.41) is 7.00. The minimum atomic E-state index is -0.253. The van der Waals surface area contributed by atoms with Gasteiger partial charge in [-0.25, -0.2) is 4.98 Å². The molecule has 1 aromatic carbocycles. The number of methoxy groups -OCH3 is 1. The third kappa shape index (κ3) is 4.15. The van der Waals surface area contributed by atoms with Crippen LogP contribution < -0.4 is 5.56 Å². The summed E-state index contributed by atoms with van der Waals surface area (Å²) in [7, 11) is 3.32. The molecule has 0 unspecified atom stereocenters. The molecule has 3 rings (SSSR count). The van der Waals surface area contributed by atoms with Crippen LogP contribution in [-0.4, -0.2) is 45.1 Å². The minimum absolute atomic E-state index is 0.0674. The van der Waals surface area contributed by atoms with Crippen LogP contribution >= 0.6 is 0 Å².